The number of aryl methyl sites for hydroxylation is 2. The Morgan fingerprint density at radius 3 is 2.95 bits per heavy atom. The quantitative estimate of drug-likeness (QED) is 0.912. The van der Waals surface area contributed by atoms with Crippen molar-refractivity contribution >= 4 is 0 Å². The molecule has 1 aromatic heterocycles. The van der Waals surface area contributed by atoms with Gasteiger partial charge in [0, 0.05) is 18.3 Å². The second-order valence-electron chi connectivity index (χ2n) is 4.89. The van der Waals surface area contributed by atoms with Gasteiger partial charge in [-0.05, 0) is 48.6 Å². The van der Waals surface area contributed by atoms with Gasteiger partial charge in [-0.1, -0.05) is 12.1 Å². The molecule has 0 fully saturated rings. The van der Waals surface area contributed by atoms with Gasteiger partial charge >= 0.3 is 0 Å². The van der Waals surface area contributed by atoms with E-state index < -0.39 is 0 Å². The summed E-state index contributed by atoms with van der Waals surface area (Å²) in [6.07, 6.45) is 5.41. The van der Waals surface area contributed by atoms with Crippen molar-refractivity contribution < 1.29 is 4.74 Å². The minimum absolute atomic E-state index is 0.448. The van der Waals surface area contributed by atoms with Crippen LogP contribution in [0.1, 0.15) is 28.8 Å². The van der Waals surface area contributed by atoms with Crippen LogP contribution in [0.5, 0.6) is 5.75 Å². The zero-order valence-corrected chi connectivity index (χ0v) is 10.9. The fraction of sp³-hybridized carbons (Fsp3) is 0.312. The van der Waals surface area contributed by atoms with E-state index in [2.05, 4.69) is 23.2 Å². The minimum Gasteiger partial charge on any atom is -0.489 e. The van der Waals surface area contributed by atoms with Gasteiger partial charge < -0.3 is 10.5 Å². The van der Waals surface area contributed by atoms with Crippen molar-refractivity contribution in [1.82, 2.24) is 4.98 Å². The van der Waals surface area contributed by atoms with Crippen molar-refractivity contribution in [2.45, 2.75) is 32.4 Å². The average Bonchev–Trinajstić information content (AvgIpc) is 2.93. The minimum atomic E-state index is 0.448. The van der Waals surface area contributed by atoms with E-state index in [4.69, 9.17) is 10.5 Å². The summed E-state index contributed by atoms with van der Waals surface area (Å²) >= 11 is 0. The normalized spacial score (nSPS) is 13.3. The lowest BCUT2D eigenvalue weighted by atomic mass is 10.1. The maximum absolute atomic E-state index is 5.86. The van der Waals surface area contributed by atoms with Gasteiger partial charge in [0.2, 0.25) is 0 Å². The molecule has 3 nitrogen and oxygen atoms in total. The van der Waals surface area contributed by atoms with Gasteiger partial charge in [0.15, 0.2) is 0 Å². The predicted molar refractivity (Wildman–Crippen MR) is 74.9 cm³/mol. The monoisotopic (exact) mass is 254 g/mol. The van der Waals surface area contributed by atoms with Crippen LogP contribution in [0.15, 0.2) is 36.5 Å². The number of hydrogen-bond donors (Lipinski definition) is 1. The molecule has 1 aliphatic rings. The summed E-state index contributed by atoms with van der Waals surface area (Å²) in [6.45, 7) is 0.975. The third-order valence-corrected chi connectivity index (χ3v) is 3.64. The number of rotatable bonds is 4. The molecule has 0 atom stereocenters. The number of ether oxygens (including phenoxy) is 1. The van der Waals surface area contributed by atoms with Gasteiger partial charge in [0.05, 0.1) is 5.69 Å². The third-order valence-electron chi connectivity index (χ3n) is 3.64. The molecule has 3 rings (SSSR count). The van der Waals surface area contributed by atoms with Gasteiger partial charge in [-0.15, -0.1) is 0 Å². The predicted octanol–water partition coefficient (Wildman–Crippen LogP) is 2.61. The lowest BCUT2D eigenvalue weighted by Crippen LogP contribution is -2.06. The van der Waals surface area contributed by atoms with Crippen LogP contribution in [0.2, 0.25) is 0 Å². The molecule has 3 heteroatoms. The molecule has 0 saturated carbocycles. The zero-order chi connectivity index (χ0) is 13.1. The first-order valence-corrected chi connectivity index (χ1v) is 6.74. The number of fused-ring (bicyclic) bond motifs is 1. The highest BCUT2D eigenvalue weighted by molar-refractivity contribution is 5.38. The molecule has 0 radical (unpaired) electrons. The fourth-order valence-corrected chi connectivity index (χ4v) is 2.59. The van der Waals surface area contributed by atoms with Gasteiger partial charge in [0.25, 0.3) is 0 Å². The summed E-state index contributed by atoms with van der Waals surface area (Å²) in [5.74, 6) is 0.937. The second kappa shape index (κ2) is 5.41. The SMILES string of the molecule is NCc1ncccc1COc1ccc2c(c1)CCC2. The summed E-state index contributed by atoms with van der Waals surface area (Å²) in [4.78, 5) is 4.26. The molecule has 0 aliphatic heterocycles. The molecule has 1 aromatic carbocycles. The maximum atomic E-state index is 5.86. The van der Waals surface area contributed by atoms with Crippen molar-refractivity contribution in [3.8, 4) is 5.75 Å². The molecule has 0 saturated heterocycles. The maximum Gasteiger partial charge on any atom is 0.120 e. The Bertz CT molecular complexity index is 581. The van der Waals surface area contributed by atoms with Crippen LogP contribution in [0.25, 0.3) is 0 Å². The number of nitrogens with zero attached hydrogens (tertiary/aromatic N) is 1. The molecule has 98 valence electrons. The van der Waals surface area contributed by atoms with Crippen LogP contribution in [-0.4, -0.2) is 4.98 Å². The highest BCUT2D eigenvalue weighted by Gasteiger charge is 2.11. The van der Waals surface area contributed by atoms with Gasteiger partial charge in [0.1, 0.15) is 12.4 Å². The van der Waals surface area contributed by atoms with Crippen LogP contribution in [0.4, 0.5) is 0 Å². The van der Waals surface area contributed by atoms with E-state index in [-0.39, 0.29) is 0 Å². The van der Waals surface area contributed by atoms with E-state index in [1.165, 1.54) is 30.4 Å². The lowest BCUT2D eigenvalue weighted by molar-refractivity contribution is 0.304. The van der Waals surface area contributed by atoms with Crippen LogP contribution >= 0.6 is 0 Å². The molecule has 19 heavy (non-hydrogen) atoms. The van der Waals surface area contributed by atoms with Gasteiger partial charge in [-0.25, -0.2) is 0 Å². The fourth-order valence-electron chi connectivity index (χ4n) is 2.59. The summed E-state index contributed by atoms with van der Waals surface area (Å²) in [5, 5.41) is 0. The number of aromatic nitrogens is 1. The van der Waals surface area contributed by atoms with E-state index in [1.54, 1.807) is 6.20 Å². The van der Waals surface area contributed by atoms with E-state index >= 15 is 0 Å². The highest BCUT2D eigenvalue weighted by atomic mass is 16.5. The summed E-state index contributed by atoms with van der Waals surface area (Å²) < 4.78 is 5.86. The van der Waals surface area contributed by atoms with Gasteiger partial charge in [-0.2, -0.15) is 0 Å². The largest absolute Gasteiger partial charge is 0.489 e. The Labute approximate surface area is 113 Å². The van der Waals surface area contributed by atoms with E-state index in [0.717, 1.165) is 17.0 Å². The van der Waals surface area contributed by atoms with Crippen molar-refractivity contribution in [2.24, 2.45) is 5.73 Å². The van der Waals surface area contributed by atoms with E-state index in [1.807, 2.05) is 12.1 Å². The molecule has 0 unspecified atom stereocenters. The van der Waals surface area contributed by atoms with Crippen molar-refractivity contribution in [3.63, 3.8) is 0 Å². The summed E-state index contributed by atoms with van der Waals surface area (Å²) in [5.41, 5.74) is 10.5. The Morgan fingerprint density at radius 2 is 2.05 bits per heavy atom. The van der Waals surface area contributed by atoms with Crippen molar-refractivity contribution in [2.75, 3.05) is 0 Å². The molecule has 2 N–H and O–H groups in total. The number of benzene rings is 1. The molecular weight excluding hydrogens is 236 g/mol. The third kappa shape index (κ3) is 2.61. The summed E-state index contributed by atoms with van der Waals surface area (Å²) in [7, 11) is 0. The molecule has 2 aromatic rings. The van der Waals surface area contributed by atoms with Crippen LogP contribution in [0.3, 0.4) is 0 Å². The topological polar surface area (TPSA) is 48.1 Å². The lowest BCUT2D eigenvalue weighted by Gasteiger charge is -2.10. The van der Waals surface area contributed by atoms with Gasteiger partial charge in [-0.3, -0.25) is 4.98 Å². The number of nitrogens with two attached hydrogens (primary N) is 1. The van der Waals surface area contributed by atoms with Crippen LogP contribution < -0.4 is 10.5 Å². The Kier molecular flexibility index (Phi) is 3.47. The smallest absolute Gasteiger partial charge is 0.120 e. The number of pyridine rings is 1. The van der Waals surface area contributed by atoms with Crippen LogP contribution in [0, 0.1) is 0 Å². The second-order valence-corrected chi connectivity index (χ2v) is 4.89. The molecule has 0 spiro atoms. The van der Waals surface area contributed by atoms with Crippen LogP contribution in [-0.2, 0) is 26.0 Å². The molecule has 1 aliphatic carbocycles. The molecule has 0 amide bonds. The standard InChI is InChI=1S/C16H18N2O/c17-10-16-14(5-2-8-18-16)11-19-15-7-6-12-3-1-4-13(12)9-15/h2,5-9H,1,3-4,10-11,17H2. The molecule has 0 bridgehead atoms. The zero-order valence-electron chi connectivity index (χ0n) is 10.9. The van der Waals surface area contributed by atoms with Crippen molar-refractivity contribution in [1.29, 1.82) is 0 Å². The summed E-state index contributed by atoms with van der Waals surface area (Å²) in [6, 6.07) is 10.3. The Balaban J connectivity index is 1.72. The van der Waals surface area contributed by atoms with Crippen molar-refractivity contribution in [3.05, 3.63) is 58.9 Å². The highest BCUT2D eigenvalue weighted by Crippen LogP contribution is 2.26. The first-order chi connectivity index (χ1) is 9.36. The first kappa shape index (κ1) is 12.2. The van der Waals surface area contributed by atoms with E-state index in [9.17, 15) is 0 Å². The molecule has 1 heterocycles. The molecular formula is C16H18N2O. The average molecular weight is 254 g/mol. The number of hydrogen-bond acceptors (Lipinski definition) is 3. The Morgan fingerprint density at radius 1 is 1.16 bits per heavy atom. The van der Waals surface area contributed by atoms with E-state index in [0.29, 0.717) is 13.2 Å². The Hall–Kier alpha value is -1.87. The first-order valence-electron chi connectivity index (χ1n) is 6.74.